The number of ether oxygens (including phenoxy) is 1. The quantitative estimate of drug-likeness (QED) is 0.466. The van der Waals surface area contributed by atoms with E-state index in [1.165, 1.54) is 0 Å². The van der Waals surface area contributed by atoms with Gasteiger partial charge in [0.1, 0.15) is 10.6 Å². The molecule has 0 saturated carbocycles. The van der Waals surface area contributed by atoms with Crippen molar-refractivity contribution in [1.82, 2.24) is 4.72 Å². The Kier molecular flexibility index (Phi) is 7.94. The molecule has 1 aliphatic rings. The number of anilines is 2. The number of hydrogen-bond acceptors (Lipinski definition) is 5. The molecule has 3 rings (SSSR count). The normalized spacial score (nSPS) is 17.1. The van der Waals surface area contributed by atoms with Gasteiger partial charge in [0, 0.05) is 18.3 Å². The smallest absolute Gasteiger partial charge is 0.243 e. The van der Waals surface area contributed by atoms with E-state index in [1.54, 1.807) is 24.9 Å². The van der Waals surface area contributed by atoms with Crippen molar-refractivity contribution >= 4 is 33.2 Å². The lowest BCUT2D eigenvalue weighted by molar-refractivity contribution is 0.320. The third-order valence-electron chi connectivity index (χ3n) is 5.94. The number of methoxy groups -OCH3 is 1. The van der Waals surface area contributed by atoms with E-state index in [0.29, 0.717) is 18.0 Å². The summed E-state index contributed by atoms with van der Waals surface area (Å²) in [6.07, 6.45) is 7.61. The molecule has 1 aliphatic heterocycles. The van der Waals surface area contributed by atoms with E-state index >= 15 is 0 Å². The Balaban J connectivity index is 2.25. The summed E-state index contributed by atoms with van der Waals surface area (Å²) in [5.74, 6) is 0.583. The summed E-state index contributed by atoms with van der Waals surface area (Å²) in [4.78, 5) is 3.38. The fourth-order valence-electron chi connectivity index (χ4n) is 4.29. The summed E-state index contributed by atoms with van der Waals surface area (Å²) in [7, 11) is -2.14. The van der Waals surface area contributed by atoms with Crippen molar-refractivity contribution in [2.45, 2.75) is 67.7 Å². The summed E-state index contributed by atoms with van der Waals surface area (Å²) in [5, 5.41) is 0. The van der Waals surface area contributed by atoms with Crippen LogP contribution < -0.4 is 14.4 Å². The van der Waals surface area contributed by atoms with Crippen LogP contribution in [-0.2, 0) is 10.0 Å². The van der Waals surface area contributed by atoms with Gasteiger partial charge in [0.05, 0.1) is 23.2 Å². The molecule has 5 nitrogen and oxygen atoms in total. The topological polar surface area (TPSA) is 58.6 Å². The number of thioether (sulfide) groups is 1. The van der Waals surface area contributed by atoms with Crippen molar-refractivity contribution in [3.05, 3.63) is 42.5 Å². The maximum absolute atomic E-state index is 13.7. The van der Waals surface area contributed by atoms with E-state index in [2.05, 4.69) is 35.6 Å². The summed E-state index contributed by atoms with van der Waals surface area (Å²) >= 11 is 1.56. The standard InChI is InChI=1S/C24H34N2O3S2/c1-5-7-14-24(15-8-6-2)18-26(19-12-10-9-11-13-19)20-16-22(30-4)21(29-3)17-23(20)31(27,28)25-24/h9-13,16-17,25H,5-8,14-15,18H2,1-4H3. The number of rotatable bonds is 9. The minimum absolute atomic E-state index is 0.279. The molecule has 170 valence electrons. The highest BCUT2D eigenvalue weighted by Gasteiger charge is 2.41. The number of para-hydroxylation sites is 1. The largest absolute Gasteiger partial charge is 0.496 e. The predicted molar refractivity (Wildman–Crippen MR) is 130 cm³/mol. The highest BCUT2D eigenvalue weighted by molar-refractivity contribution is 7.98. The van der Waals surface area contributed by atoms with Gasteiger partial charge in [0.15, 0.2) is 0 Å². The summed E-state index contributed by atoms with van der Waals surface area (Å²) in [6.45, 7) is 4.90. The Morgan fingerprint density at radius 3 is 2.29 bits per heavy atom. The number of fused-ring (bicyclic) bond motifs is 1. The summed E-state index contributed by atoms with van der Waals surface area (Å²) < 4.78 is 36.0. The SMILES string of the molecule is CCCCC1(CCCC)CN(c2ccccc2)c2cc(SC)c(OC)cc2S(=O)(=O)N1. The van der Waals surface area contributed by atoms with Gasteiger partial charge in [-0.2, -0.15) is 0 Å². The number of nitrogens with zero attached hydrogens (tertiary/aromatic N) is 1. The molecule has 0 saturated heterocycles. The Bertz CT molecular complexity index is 970. The molecule has 0 aliphatic carbocycles. The highest BCUT2D eigenvalue weighted by atomic mass is 32.2. The Hall–Kier alpha value is -1.70. The molecule has 1 heterocycles. The second kappa shape index (κ2) is 10.3. The fourth-order valence-corrected chi connectivity index (χ4v) is 6.52. The molecule has 0 aromatic heterocycles. The summed E-state index contributed by atoms with van der Waals surface area (Å²) in [5.41, 5.74) is 1.18. The molecule has 0 atom stereocenters. The van der Waals surface area contributed by atoms with E-state index in [9.17, 15) is 8.42 Å². The molecule has 0 fully saturated rings. The molecule has 2 aromatic rings. The van der Waals surface area contributed by atoms with E-state index in [1.807, 2.05) is 30.5 Å². The first-order chi connectivity index (χ1) is 14.9. The number of sulfonamides is 1. The minimum Gasteiger partial charge on any atom is -0.496 e. The van der Waals surface area contributed by atoms with Crippen LogP contribution in [0.15, 0.2) is 52.3 Å². The maximum atomic E-state index is 13.7. The molecule has 1 N–H and O–H groups in total. The lowest BCUT2D eigenvalue weighted by Crippen LogP contribution is -2.53. The molecule has 31 heavy (non-hydrogen) atoms. The fraction of sp³-hybridized carbons (Fsp3) is 0.500. The van der Waals surface area contributed by atoms with Crippen LogP contribution >= 0.6 is 11.8 Å². The van der Waals surface area contributed by atoms with Crippen LogP contribution in [0.25, 0.3) is 0 Å². The highest BCUT2D eigenvalue weighted by Crippen LogP contribution is 2.43. The van der Waals surface area contributed by atoms with Crippen molar-refractivity contribution in [2.24, 2.45) is 0 Å². The molecule has 0 bridgehead atoms. The molecular weight excluding hydrogens is 428 g/mol. The third-order valence-corrected chi connectivity index (χ3v) is 8.31. The van der Waals surface area contributed by atoms with Gasteiger partial charge < -0.3 is 9.64 Å². The molecule has 2 aromatic carbocycles. The van der Waals surface area contributed by atoms with Crippen LogP contribution in [0.1, 0.15) is 52.4 Å². The lowest BCUT2D eigenvalue weighted by atomic mass is 9.87. The van der Waals surface area contributed by atoms with Crippen molar-refractivity contribution in [3.8, 4) is 5.75 Å². The number of hydrogen-bond donors (Lipinski definition) is 1. The van der Waals surface area contributed by atoms with Crippen LogP contribution in [0, 0.1) is 0 Å². The second-order valence-electron chi connectivity index (χ2n) is 8.19. The van der Waals surface area contributed by atoms with Crippen LogP contribution in [0.3, 0.4) is 0 Å². The number of nitrogens with one attached hydrogen (secondary N) is 1. The van der Waals surface area contributed by atoms with E-state index in [0.717, 1.165) is 49.1 Å². The van der Waals surface area contributed by atoms with Crippen molar-refractivity contribution in [3.63, 3.8) is 0 Å². The first kappa shape index (κ1) is 24.0. The average Bonchev–Trinajstić information content (AvgIpc) is 2.88. The molecule has 0 spiro atoms. The monoisotopic (exact) mass is 462 g/mol. The zero-order valence-corrected chi connectivity index (χ0v) is 20.6. The van der Waals surface area contributed by atoms with E-state index in [-0.39, 0.29) is 4.90 Å². The average molecular weight is 463 g/mol. The number of benzene rings is 2. The van der Waals surface area contributed by atoms with Crippen LogP contribution in [0.4, 0.5) is 11.4 Å². The van der Waals surface area contributed by atoms with Gasteiger partial charge in [-0.1, -0.05) is 57.7 Å². The van der Waals surface area contributed by atoms with Crippen LogP contribution in [0.5, 0.6) is 5.75 Å². The van der Waals surface area contributed by atoms with Crippen LogP contribution in [-0.4, -0.2) is 33.9 Å². The van der Waals surface area contributed by atoms with Gasteiger partial charge in [-0.25, -0.2) is 13.1 Å². The number of unbranched alkanes of at least 4 members (excludes halogenated alkanes) is 2. The molecule has 0 amide bonds. The molecular formula is C24H34N2O3S2. The lowest BCUT2D eigenvalue weighted by Gasteiger charge is -2.37. The third kappa shape index (κ3) is 5.21. The summed E-state index contributed by atoms with van der Waals surface area (Å²) in [6, 6.07) is 13.7. The van der Waals surface area contributed by atoms with E-state index < -0.39 is 15.6 Å². The molecule has 0 radical (unpaired) electrons. The minimum atomic E-state index is -3.73. The van der Waals surface area contributed by atoms with Crippen LogP contribution in [0.2, 0.25) is 0 Å². The van der Waals surface area contributed by atoms with E-state index in [4.69, 9.17) is 4.74 Å². The zero-order valence-electron chi connectivity index (χ0n) is 19.0. The zero-order chi connectivity index (χ0) is 22.5. The van der Waals surface area contributed by atoms with Gasteiger partial charge in [-0.3, -0.25) is 0 Å². The van der Waals surface area contributed by atoms with Crippen molar-refractivity contribution in [1.29, 1.82) is 0 Å². The van der Waals surface area contributed by atoms with Crippen molar-refractivity contribution < 1.29 is 13.2 Å². The Morgan fingerprint density at radius 2 is 1.74 bits per heavy atom. The van der Waals surface area contributed by atoms with Gasteiger partial charge in [0.2, 0.25) is 10.0 Å². The van der Waals surface area contributed by atoms with Gasteiger partial charge in [-0.05, 0) is 37.3 Å². The maximum Gasteiger partial charge on any atom is 0.243 e. The van der Waals surface area contributed by atoms with Crippen molar-refractivity contribution in [2.75, 3.05) is 24.8 Å². The first-order valence-corrected chi connectivity index (χ1v) is 13.7. The van der Waals surface area contributed by atoms with Gasteiger partial charge >= 0.3 is 0 Å². The molecule has 0 unspecified atom stereocenters. The first-order valence-electron chi connectivity index (χ1n) is 11.0. The van der Waals surface area contributed by atoms with Gasteiger partial charge in [-0.15, -0.1) is 11.8 Å². The second-order valence-corrected chi connectivity index (χ2v) is 10.7. The predicted octanol–water partition coefficient (Wildman–Crippen LogP) is 5.97. The van der Waals surface area contributed by atoms with Gasteiger partial charge in [0.25, 0.3) is 0 Å². The Labute approximate surface area is 191 Å². The Morgan fingerprint density at radius 1 is 1.10 bits per heavy atom. The molecule has 7 heteroatoms.